The van der Waals surface area contributed by atoms with E-state index in [1.54, 1.807) is 6.92 Å². The van der Waals surface area contributed by atoms with E-state index in [0.29, 0.717) is 16.9 Å². The van der Waals surface area contributed by atoms with Crippen LogP contribution in [0.25, 0.3) is 5.57 Å². The van der Waals surface area contributed by atoms with Crippen molar-refractivity contribution in [3.8, 4) is 0 Å². The lowest BCUT2D eigenvalue weighted by Gasteiger charge is -2.36. The fourth-order valence-electron chi connectivity index (χ4n) is 5.01. The molecule has 41 heavy (non-hydrogen) atoms. The zero-order valence-corrected chi connectivity index (χ0v) is 23.9. The molecule has 2 N–H and O–H groups in total. The number of nitrogens with zero attached hydrogens (tertiary/aromatic N) is 2. The largest absolute Gasteiger partial charge is 0.382 e. The van der Waals surface area contributed by atoms with Gasteiger partial charge in [0.2, 0.25) is 0 Å². The molecule has 0 spiro atoms. The van der Waals surface area contributed by atoms with Crippen LogP contribution >= 0.6 is 0 Å². The quantitative estimate of drug-likeness (QED) is 0.156. The summed E-state index contributed by atoms with van der Waals surface area (Å²) >= 11 is 0. The summed E-state index contributed by atoms with van der Waals surface area (Å²) in [5.74, 6) is -0.547. The number of aryl methyl sites for hydroxylation is 1. The highest BCUT2D eigenvalue weighted by Crippen LogP contribution is 2.31. The van der Waals surface area contributed by atoms with Gasteiger partial charge in [-0.1, -0.05) is 31.4 Å². The molecule has 1 atom stereocenters. The molecule has 7 heteroatoms. The molecule has 216 valence electrons. The number of benzene rings is 3. The van der Waals surface area contributed by atoms with Crippen molar-refractivity contribution in [3.05, 3.63) is 108 Å². The van der Waals surface area contributed by atoms with Crippen LogP contribution in [0.3, 0.4) is 0 Å². The summed E-state index contributed by atoms with van der Waals surface area (Å²) in [7, 11) is 0. The van der Waals surface area contributed by atoms with E-state index in [1.165, 1.54) is 12.1 Å². The summed E-state index contributed by atoms with van der Waals surface area (Å²) in [6, 6.07) is 17.3. The summed E-state index contributed by atoms with van der Waals surface area (Å²) in [5, 5.41) is 6.75. The van der Waals surface area contributed by atoms with Crippen LogP contribution in [0.2, 0.25) is 0 Å². The van der Waals surface area contributed by atoms with E-state index in [4.69, 9.17) is 4.99 Å². The zero-order chi connectivity index (χ0) is 29.5. The van der Waals surface area contributed by atoms with Gasteiger partial charge in [-0.2, -0.15) is 0 Å². The molecule has 3 aromatic rings. The van der Waals surface area contributed by atoms with Crippen molar-refractivity contribution < 1.29 is 14.6 Å². The van der Waals surface area contributed by atoms with Gasteiger partial charge in [0.25, 0.3) is 0 Å². The van der Waals surface area contributed by atoms with Crippen LogP contribution in [0.1, 0.15) is 45.7 Å². The normalized spacial score (nSPS) is 14.8. The van der Waals surface area contributed by atoms with Crippen LogP contribution in [0.15, 0.2) is 90.1 Å². The minimum Gasteiger partial charge on any atom is -0.382 e. The van der Waals surface area contributed by atoms with Gasteiger partial charge in [-0.25, -0.2) is 18.2 Å². The van der Waals surface area contributed by atoms with E-state index < -0.39 is 17.8 Å². The van der Waals surface area contributed by atoms with Crippen molar-refractivity contribution in [3.63, 3.8) is 0 Å². The number of likely N-dealkylation sites (tertiary alicyclic amines) is 1. The molecule has 1 fully saturated rings. The Labute approximate surface area is 242 Å². The second kappa shape index (κ2) is 13.4. The van der Waals surface area contributed by atoms with Gasteiger partial charge < -0.3 is 15.5 Å². The third kappa shape index (κ3) is 7.92. The number of alkyl halides is 1. The average Bonchev–Trinajstić information content (AvgIpc) is 2.92. The highest BCUT2D eigenvalue weighted by Gasteiger charge is 2.24. The minimum atomic E-state index is -0.997. The van der Waals surface area contributed by atoms with Gasteiger partial charge in [0, 0.05) is 55.7 Å². The first kappa shape index (κ1) is 29.8. The Morgan fingerprint density at radius 2 is 1.76 bits per heavy atom. The summed E-state index contributed by atoms with van der Waals surface area (Å²) < 4.78 is 41.4. The SMILES string of the molecule is C=C=C(C)c1cc(NC2CCN(C(=Nc3ccccc3C)C(=C)CC(C)F)CC2)ccc1Nc1cc(F)cc(F)c1.[HH]. The Morgan fingerprint density at radius 1 is 1.07 bits per heavy atom. The zero-order valence-electron chi connectivity index (χ0n) is 23.9. The van der Waals surface area contributed by atoms with Crippen LogP contribution in [0.4, 0.5) is 35.9 Å². The number of halogens is 3. The van der Waals surface area contributed by atoms with E-state index in [-0.39, 0.29) is 13.9 Å². The molecule has 3 aromatic carbocycles. The van der Waals surface area contributed by atoms with Crippen molar-refractivity contribution in [2.45, 2.75) is 52.2 Å². The van der Waals surface area contributed by atoms with Gasteiger partial charge in [-0.15, -0.1) is 5.73 Å². The number of amidine groups is 1. The maximum absolute atomic E-state index is 13.9. The van der Waals surface area contributed by atoms with Gasteiger partial charge in [0.1, 0.15) is 23.6 Å². The maximum atomic E-state index is 13.9. The van der Waals surface area contributed by atoms with Crippen molar-refractivity contribution in [1.82, 2.24) is 4.90 Å². The summed E-state index contributed by atoms with van der Waals surface area (Å²) in [6.45, 7) is 14.9. The number of hydrogen-bond donors (Lipinski definition) is 2. The standard InChI is InChI=1S/C34H37F3N4.H2/c1-6-22(2)31-21-29(11-12-33(31)39-30-19-26(36)18-27(37)20-30)38-28-13-15-41(16-14-28)34(24(4)17-25(5)35)40-32-10-8-7-9-23(32)3;/h7-12,18-21,25,28,38-39H,1,4,13-17H2,2-3,5H3;1H. The van der Waals surface area contributed by atoms with Crippen LogP contribution in [0.5, 0.6) is 0 Å². The van der Waals surface area contributed by atoms with E-state index in [0.717, 1.165) is 65.9 Å². The summed E-state index contributed by atoms with van der Waals surface area (Å²) in [5.41, 5.74) is 9.12. The van der Waals surface area contributed by atoms with Gasteiger partial charge >= 0.3 is 0 Å². The Morgan fingerprint density at radius 3 is 2.39 bits per heavy atom. The van der Waals surface area contributed by atoms with E-state index in [2.05, 4.69) is 34.4 Å². The molecule has 0 radical (unpaired) electrons. The molecule has 4 nitrogen and oxygen atoms in total. The predicted molar refractivity (Wildman–Crippen MR) is 167 cm³/mol. The fraction of sp³-hybridized carbons (Fsp3) is 0.294. The van der Waals surface area contributed by atoms with Gasteiger partial charge in [-0.3, -0.25) is 0 Å². The van der Waals surface area contributed by atoms with Gasteiger partial charge in [0.15, 0.2) is 0 Å². The molecule has 0 aliphatic carbocycles. The topological polar surface area (TPSA) is 39.7 Å². The third-order valence-electron chi connectivity index (χ3n) is 7.18. The minimum absolute atomic E-state index is 0. The van der Waals surface area contributed by atoms with Gasteiger partial charge in [0.05, 0.1) is 5.69 Å². The van der Waals surface area contributed by atoms with Crippen molar-refractivity contribution in [1.29, 1.82) is 0 Å². The van der Waals surface area contributed by atoms with Crippen LogP contribution < -0.4 is 10.6 Å². The molecule has 0 aromatic heterocycles. The molecular weight excluding hydrogens is 521 g/mol. The molecule has 0 bridgehead atoms. The molecule has 0 saturated carbocycles. The highest BCUT2D eigenvalue weighted by atomic mass is 19.1. The summed E-state index contributed by atoms with van der Waals surface area (Å²) in [6.07, 6.45) is 0.965. The van der Waals surface area contributed by atoms with Crippen molar-refractivity contribution in [2.75, 3.05) is 23.7 Å². The maximum Gasteiger partial charge on any atom is 0.131 e. The number of aliphatic imine (C=N–C) groups is 1. The third-order valence-corrected chi connectivity index (χ3v) is 7.18. The lowest BCUT2D eigenvalue weighted by molar-refractivity contribution is 0.319. The second-order valence-corrected chi connectivity index (χ2v) is 10.6. The number of para-hydroxylation sites is 1. The monoisotopic (exact) mass is 560 g/mol. The molecule has 0 amide bonds. The van der Waals surface area contributed by atoms with Crippen molar-refractivity contribution in [2.24, 2.45) is 4.99 Å². The number of rotatable bonds is 9. The number of allylic oxidation sites excluding steroid dienone is 1. The molecule has 1 unspecified atom stereocenters. The Hall–Kier alpha value is -4.22. The molecular formula is C34H39F3N4. The van der Waals surface area contributed by atoms with Gasteiger partial charge in [-0.05, 0) is 86.7 Å². The van der Waals surface area contributed by atoms with E-state index in [1.807, 2.05) is 56.3 Å². The fourth-order valence-corrected chi connectivity index (χ4v) is 5.01. The second-order valence-electron chi connectivity index (χ2n) is 10.6. The Kier molecular flexibility index (Phi) is 9.74. The summed E-state index contributed by atoms with van der Waals surface area (Å²) in [4.78, 5) is 7.13. The van der Waals surface area contributed by atoms with E-state index in [9.17, 15) is 13.2 Å². The molecule has 1 aliphatic rings. The highest BCUT2D eigenvalue weighted by molar-refractivity contribution is 5.99. The first-order chi connectivity index (χ1) is 19.6. The Balaban J connectivity index is 0.00000484. The first-order valence-corrected chi connectivity index (χ1v) is 13.8. The smallest absolute Gasteiger partial charge is 0.131 e. The predicted octanol–water partition coefficient (Wildman–Crippen LogP) is 9.36. The molecule has 1 heterocycles. The van der Waals surface area contributed by atoms with Crippen molar-refractivity contribution >= 4 is 34.2 Å². The molecule has 1 saturated heterocycles. The number of hydrogen-bond acceptors (Lipinski definition) is 3. The van der Waals surface area contributed by atoms with Crippen LogP contribution in [-0.4, -0.2) is 36.0 Å². The first-order valence-electron chi connectivity index (χ1n) is 13.8. The Bertz CT molecular complexity index is 1470. The van der Waals surface area contributed by atoms with Crippen LogP contribution in [-0.2, 0) is 0 Å². The lowest BCUT2D eigenvalue weighted by Crippen LogP contribution is -2.43. The molecule has 1 aliphatic heterocycles. The number of piperidine rings is 1. The molecule has 4 rings (SSSR count). The average molecular weight is 561 g/mol. The van der Waals surface area contributed by atoms with Crippen LogP contribution in [0, 0.1) is 18.6 Å². The lowest BCUT2D eigenvalue weighted by atomic mass is 10.0. The number of anilines is 3. The van der Waals surface area contributed by atoms with E-state index >= 15 is 0 Å². The number of nitrogens with one attached hydrogen (secondary N) is 2.